The van der Waals surface area contributed by atoms with E-state index in [1.54, 1.807) is 6.08 Å². The van der Waals surface area contributed by atoms with E-state index in [4.69, 9.17) is 9.47 Å². The smallest absolute Gasteiger partial charge is 0.334 e. The molecular weight excluding hydrogens is 416 g/mol. The summed E-state index contributed by atoms with van der Waals surface area (Å²) in [6.07, 6.45) is 26.3. The van der Waals surface area contributed by atoms with Crippen LogP contribution in [0.15, 0.2) is 35.5 Å². The summed E-state index contributed by atoms with van der Waals surface area (Å²) in [6, 6.07) is 0. The Hall–Kier alpha value is -1.88. The predicted octanol–water partition coefficient (Wildman–Crippen LogP) is 6.50. The fraction of sp³-hybridized carbons (Fsp3) is 0.714. The number of allylic oxidation sites excluding steroid dienone is 3. The van der Waals surface area contributed by atoms with Gasteiger partial charge in [-0.15, -0.1) is 0 Å². The third-order valence-corrected chi connectivity index (χ3v) is 6.48. The molecule has 2 aliphatic rings. The van der Waals surface area contributed by atoms with Crippen LogP contribution < -0.4 is 0 Å². The minimum absolute atomic E-state index is 0.310. The Kier molecular flexibility index (Phi) is 13.2. The number of unbranched alkanes of at least 4 members (excludes halogenated alkanes) is 12. The van der Waals surface area contributed by atoms with Gasteiger partial charge in [0, 0.05) is 24.0 Å². The SMILES string of the molecule is CCCCCCCC/C=C\CCCCCCC/C=C1\CC(/C=C2/CCOC2=O)(CO)OC1=O. The van der Waals surface area contributed by atoms with Crippen LogP contribution in [0.5, 0.6) is 0 Å². The largest absolute Gasteiger partial charge is 0.462 e. The van der Waals surface area contributed by atoms with Crippen LogP contribution in [0.2, 0.25) is 0 Å². The van der Waals surface area contributed by atoms with E-state index in [9.17, 15) is 14.7 Å². The summed E-state index contributed by atoms with van der Waals surface area (Å²) in [7, 11) is 0. The van der Waals surface area contributed by atoms with E-state index < -0.39 is 5.60 Å². The highest BCUT2D eigenvalue weighted by Gasteiger charge is 2.42. The zero-order valence-corrected chi connectivity index (χ0v) is 20.6. The van der Waals surface area contributed by atoms with Crippen molar-refractivity contribution in [3.63, 3.8) is 0 Å². The van der Waals surface area contributed by atoms with Gasteiger partial charge in [-0.2, -0.15) is 0 Å². The molecule has 0 bridgehead atoms. The Morgan fingerprint density at radius 1 is 0.818 bits per heavy atom. The molecule has 186 valence electrons. The lowest BCUT2D eigenvalue weighted by atomic mass is 9.94. The fourth-order valence-electron chi connectivity index (χ4n) is 4.44. The van der Waals surface area contributed by atoms with Gasteiger partial charge in [0.1, 0.15) is 0 Å². The molecule has 0 aromatic rings. The van der Waals surface area contributed by atoms with Crippen molar-refractivity contribution in [3.05, 3.63) is 35.5 Å². The standard InChI is InChI=1S/C28H44O5/c1-2-3-4-5-6-7-8-9-10-11-12-13-14-15-16-17-18-24-21-28(23-29,33-27(24)31)22-25-19-20-32-26(25)30/h9-10,18,22,29H,2-8,11-17,19-21,23H2,1H3/b10-9-,24-18+,25-22-. The average molecular weight is 461 g/mol. The van der Waals surface area contributed by atoms with Gasteiger partial charge in [-0.1, -0.05) is 76.5 Å². The van der Waals surface area contributed by atoms with Gasteiger partial charge in [0.05, 0.1) is 13.2 Å². The third kappa shape index (κ3) is 10.3. The van der Waals surface area contributed by atoms with Gasteiger partial charge in [0.25, 0.3) is 0 Å². The molecule has 2 aliphatic heterocycles. The Morgan fingerprint density at radius 2 is 1.42 bits per heavy atom. The molecule has 0 saturated carbocycles. The molecule has 2 rings (SSSR count). The number of aliphatic hydroxyl groups excluding tert-OH is 1. The molecule has 5 nitrogen and oxygen atoms in total. The van der Waals surface area contributed by atoms with E-state index in [0.29, 0.717) is 30.6 Å². The lowest BCUT2D eigenvalue weighted by Crippen LogP contribution is -2.31. The van der Waals surface area contributed by atoms with E-state index in [2.05, 4.69) is 19.1 Å². The normalized spacial score (nSPS) is 23.2. The number of ether oxygens (including phenoxy) is 2. The molecule has 33 heavy (non-hydrogen) atoms. The minimum Gasteiger partial charge on any atom is -0.462 e. The van der Waals surface area contributed by atoms with Crippen molar-refractivity contribution in [2.24, 2.45) is 0 Å². The highest BCUT2D eigenvalue weighted by molar-refractivity contribution is 5.93. The Bertz CT molecular complexity index is 690. The summed E-state index contributed by atoms with van der Waals surface area (Å²) < 4.78 is 10.4. The zero-order chi connectivity index (χ0) is 23.8. The van der Waals surface area contributed by atoms with Crippen LogP contribution in [-0.2, 0) is 19.1 Å². The molecule has 0 amide bonds. The maximum Gasteiger partial charge on any atom is 0.334 e. The molecule has 5 heteroatoms. The summed E-state index contributed by atoms with van der Waals surface area (Å²) in [5.74, 6) is -0.774. The van der Waals surface area contributed by atoms with E-state index in [0.717, 1.165) is 19.3 Å². The molecule has 0 aromatic heterocycles. The number of cyclic esters (lactones) is 2. The van der Waals surface area contributed by atoms with Crippen LogP contribution in [0.4, 0.5) is 0 Å². The topological polar surface area (TPSA) is 72.8 Å². The molecular formula is C28H44O5. The second kappa shape index (κ2) is 15.9. The molecule has 2 heterocycles. The van der Waals surface area contributed by atoms with Gasteiger partial charge >= 0.3 is 11.9 Å². The van der Waals surface area contributed by atoms with Crippen LogP contribution in [0, 0.1) is 0 Å². The van der Waals surface area contributed by atoms with Crippen molar-refractivity contribution in [2.75, 3.05) is 13.2 Å². The molecule has 0 aromatic carbocycles. The van der Waals surface area contributed by atoms with Crippen molar-refractivity contribution in [2.45, 2.75) is 115 Å². The summed E-state index contributed by atoms with van der Waals surface area (Å²) in [5, 5.41) is 9.81. The number of hydrogen-bond acceptors (Lipinski definition) is 5. The van der Waals surface area contributed by atoms with Crippen molar-refractivity contribution >= 4 is 11.9 Å². The van der Waals surface area contributed by atoms with E-state index in [1.165, 1.54) is 70.6 Å². The summed E-state index contributed by atoms with van der Waals surface area (Å²) >= 11 is 0. The molecule has 1 atom stereocenters. The number of esters is 2. The molecule has 2 fully saturated rings. The lowest BCUT2D eigenvalue weighted by Gasteiger charge is -2.20. The van der Waals surface area contributed by atoms with Crippen molar-refractivity contribution in [3.8, 4) is 0 Å². The summed E-state index contributed by atoms with van der Waals surface area (Å²) in [6.45, 7) is 2.27. The molecule has 1 N–H and O–H groups in total. The first-order chi connectivity index (χ1) is 16.1. The minimum atomic E-state index is -1.12. The first kappa shape index (κ1) is 27.4. The number of carbonyl (C=O) groups excluding carboxylic acids is 2. The van der Waals surface area contributed by atoms with Crippen molar-refractivity contribution < 1.29 is 24.2 Å². The second-order valence-corrected chi connectivity index (χ2v) is 9.45. The Morgan fingerprint density at radius 3 is 2.00 bits per heavy atom. The Balaban J connectivity index is 1.53. The molecule has 2 saturated heterocycles. The monoisotopic (exact) mass is 460 g/mol. The van der Waals surface area contributed by atoms with Crippen molar-refractivity contribution in [1.29, 1.82) is 0 Å². The fourth-order valence-corrected chi connectivity index (χ4v) is 4.44. The third-order valence-electron chi connectivity index (χ3n) is 6.48. The maximum absolute atomic E-state index is 12.2. The van der Waals surface area contributed by atoms with Gasteiger partial charge in [0.15, 0.2) is 5.60 Å². The van der Waals surface area contributed by atoms with Gasteiger partial charge in [-0.3, -0.25) is 0 Å². The number of aliphatic hydroxyl groups is 1. The maximum atomic E-state index is 12.2. The number of carbonyl (C=O) groups is 2. The first-order valence-electron chi connectivity index (χ1n) is 13.2. The Labute approximate surface area is 200 Å². The highest BCUT2D eigenvalue weighted by atomic mass is 16.6. The van der Waals surface area contributed by atoms with Gasteiger partial charge in [-0.05, 0) is 44.6 Å². The predicted molar refractivity (Wildman–Crippen MR) is 132 cm³/mol. The highest BCUT2D eigenvalue weighted by Crippen LogP contribution is 2.34. The molecule has 0 radical (unpaired) electrons. The lowest BCUT2D eigenvalue weighted by molar-refractivity contribution is -0.146. The van der Waals surface area contributed by atoms with Crippen LogP contribution in [0.1, 0.15) is 110 Å². The van der Waals surface area contributed by atoms with Crippen LogP contribution in [-0.4, -0.2) is 35.9 Å². The first-order valence-corrected chi connectivity index (χ1v) is 13.2. The van der Waals surface area contributed by atoms with Crippen molar-refractivity contribution in [1.82, 2.24) is 0 Å². The average Bonchev–Trinajstić information content (AvgIpc) is 3.36. The molecule has 0 aliphatic carbocycles. The number of rotatable bonds is 17. The van der Waals surface area contributed by atoms with Gasteiger partial charge in [-0.25, -0.2) is 9.59 Å². The quantitative estimate of drug-likeness (QED) is 0.116. The van der Waals surface area contributed by atoms with E-state index in [1.807, 2.05) is 6.08 Å². The van der Waals surface area contributed by atoms with Gasteiger partial charge < -0.3 is 14.6 Å². The zero-order valence-electron chi connectivity index (χ0n) is 20.6. The number of hydrogen-bond donors (Lipinski definition) is 1. The van der Waals surface area contributed by atoms with Crippen LogP contribution in [0.25, 0.3) is 0 Å². The summed E-state index contributed by atoms with van der Waals surface area (Å²) in [4.78, 5) is 23.9. The molecule has 1 unspecified atom stereocenters. The van der Waals surface area contributed by atoms with Crippen LogP contribution >= 0.6 is 0 Å². The molecule has 0 spiro atoms. The van der Waals surface area contributed by atoms with E-state index in [-0.39, 0.29) is 18.5 Å². The van der Waals surface area contributed by atoms with Gasteiger partial charge in [0.2, 0.25) is 0 Å². The van der Waals surface area contributed by atoms with Crippen LogP contribution in [0.3, 0.4) is 0 Å². The second-order valence-electron chi connectivity index (χ2n) is 9.45. The van der Waals surface area contributed by atoms with E-state index >= 15 is 0 Å². The summed E-state index contributed by atoms with van der Waals surface area (Å²) in [5.41, 5.74) is -0.0393.